The molecule has 3 N–H and O–H groups in total. The van der Waals surface area contributed by atoms with Gasteiger partial charge in [-0.2, -0.15) is 9.66 Å². The molecule has 0 fully saturated rings. The maximum Gasteiger partial charge on any atom is 0.275 e. The lowest BCUT2D eigenvalue weighted by atomic mass is 10.2. The van der Waals surface area contributed by atoms with E-state index in [0.717, 1.165) is 32.8 Å². The maximum atomic E-state index is 9.50. The summed E-state index contributed by atoms with van der Waals surface area (Å²) in [7, 11) is 0. The van der Waals surface area contributed by atoms with E-state index in [4.69, 9.17) is 10.7 Å². The number of aromatic amines is 1. The highest BCUT2D eigenvalue weighted by Crippen LogP contribution is 2.35. The summed E-state index contributed by atoms with van der Waals surface area (Å²) in [4.78, 5) is 8.30. The van der Waals surface area contributed by atoms with E-state index in [0.29, 0.717) is 16.1 Å². The van der Waals surface area contributed by atoms with Gasteiger partial charge in [0, 0.05) is 0 Å². The van der Waals surface area contributed by atoms with Crippen LogP contribution in [0, 0.1) is 11.3 Å². The van der Waals surface area contributed by atoms with Gasteiger partial charge in [0.2, 0.25) is 0 Å². The van der Waals surface area contributed by atoms with Gasteiger partial charge in [-0.1, -0.05) is 35.3 Å². The topological polar surface area (TPSA) is 82.6 Å². The number of fused-ring (bicyclic) bond motifs is 5. The highest BCUT2D eigenvalue weighted by Gasteiger charge is 2.26. The first kappa shape index (κ1) is 14.0. The summed E-state index contributed by atoms with van der Waals surface area (Å²) in [6.45, 7) is 0. The van der Waals surface area contributed by atoms with Gasteiger partial charge in [0.05, 0.1) is 5.56 Å². The lowest BCUT2D eigenvalue weighted by Gasteiger charge is -2.00. The standard InChI is InChI=1S/C19H11N5S/c20-10-12-15-16(25-17(12)21)19-22-13-8-4-5-9-14(13)24(19)18(23-15)11-6-2-1-3-7-11/h1-9H,(H2,21,22)/p+1. The fourth-order valence-corrected chi connectivity index (χ4v) is 4.16. The van der Waals surface area contributed by atoms with Crippen molar-refractivity contribution in [3.05, 3.63) is 60.2 Å². The number of para-hydroxylation sites is 2. The van der Waals surface area contributed by atoms with E-state index in [9.17, 15) is 5.26 Å². The first-order valence-electron chi connectivity index (χ1n) is 7.78. The highest BCUT2D eigenvalue weighted by atomic mass is 32.1. The smallest absolute Gasteiger partial charge is 0.275 e. The number of nitrogens with zero attached hydrogens (tertiary/aromatic N) is 3. The second-order valence-corrected chi connectivity index (χ2v) is 6.81. The van der Waals surface area contributed by atoms with Crippen LogP contribution in [0.1, 0.15) is 5.56 Å². The van der Waals surface area contributed by atoms with Gasteiger partial charge in [-0.05, 0) is 24.3 Å². The van der Waals surface area contributed by atoms with E-state index in [1.165, 1.54) is 11.3 Å². The zero-order chi connectivity index (χ0) is 17.0. The number of nitrogen functional groups attached to an aromatic ring is 1. The lowest BCUT2D eigenvalue weighted by Crippen LogP contribution is -2.25. The SMILES string of the molecule is N#Cc1c(N)sc2c1nc(-c1ccccc1)[n+]1c3ccccc3[nH]c21. The summed E-state index contributed by atoms with van der Waals surface area (Å²) in [5.74, 6) is 0.787. The normalized spacial score (nSPS) is 11.3. The van der Waals surface area contributed by atoms with Crippen LogP contribution in [0.4, 0.5) is 5.00 Å². The van der Waals surface area contributed by atoms with Crippen LogP contribution in [0.3, 0.4) is 0 Å². The number of H-pyrrole nitrogens is 1. The largest absolute Gasteiger partial charge is 0.389 e. The average molecular weight is 342 g/mol. The van der Waals surface area contributed by atoms with Gasteiger partial charge in [0.1, 0.15) is 32.4 Å². The summed E-state index contributed by atoms with van der Waals surface area (Å²) in [6.07, 6.45) is 0. The van der Waals surface area contributed by atoms with E-state index < -0.39 is 0 Å². The van der Waals surface area contributed by atoms with Crippen molar-refractivity contribution in [2.45, 2.75) is 0 Å². The molecule has 5 nitrogen and oxygen atoms in total. The molecule has 5 rings (SSSR count). The fraction of sp³-hybridized carbons (Fsp3) is 0. The Morgan fingerprint density at radius 2 is 1.84 bits per heavy atom. The number of nitrogens with one attached hydrogen (secondary N) is 1. The molecule has 3 heterocycles. The Hall–Kier alpha value is -3.43. The van der Waals surface area contributed by atoms with Crippen LogP contribution in [0.5, 0.6) is 0 Å². The van der Waals surface area contributed by atoms with Crippen LogP contribution in [0.25, 0.3) is 38.3 Å². The fourth-order valence-electron chi connectivity index (χ4n) is 3.21. The Kier molecular flexibility index (Phi) is 2.81. The number of thiophene rings is 1. The van der Waals surface area contributed by atoms with Gasteiger partial charge in [-0.15, -0.1) is 11.3 Å². The van der Waals surface area contributed by atoms with Crippen molar-refractivity contribution in [3.63, 3.8) is 0 Å². The van der Waals surface area contributed by atoms with Gasteiger partial charge < -0.3 is 5.73 Å². The summed E-state index contributed by atoms with van der Waals surface area (Å²) in [6, 6.07) is 20.3. The Morgan fingerprint density at radius 3 is 2.64 bits per heavy atom. The summed E-state index contributed by atoms with van der Waals surface area (Å²) in [5, 5.41) is 9.99. The molecular formula is C19H12N5S+. The van der Waals surface area contributed by atoms with E-state index in [1.807, 2.05) is 48.5 Å². The highest BCUT2D eigenvalue weighted by molar-refractivity contribution is 7.23. The molecule has 5 aromatic rings. The van der Waals surface area contributed by atoms with Gasteiger partial charge in [-0.3, -0.25) is 4.98 Å². The third-order valence-electron chi connectivity index (χ3n) is 4.32. The Morgan fingerprint density at radius 1 is 1.08 bits per heavy atom. The number of nitrogens with two attached hydrogens (primary N) is 1. The number of benzene rings is 2. The van der Waals surface area contributed by atoms with E-state index in [1.54, 1.807) is 0 Å². The predicted molar refractivity (Wildman–Crippen MR) is 99.2 cm³/mol. The van der Waals surface area contributed by atoms with Gasteiger partial charge >= 0.3 is 0 Å². The zero-order valence-corrected chi connectivity index (χ0v) is 13.8. The molecule has 118 valence electrons. The van der Waals surface area contributed by atoms with Gasteiger partial charge in [0.25, 0.3) is 11.5 Å². The summed E-state index contributed by atoms with van der Waals surface area (Å²) < 4.78 is 2.99. The molecule has 0 saturated heterocycles. The van der Waals surface area contributed by atoms with Crippen molar-refractivity contribution >= 4 is 43.2 Å². The second kappa shape index (κ2) is 5.03. The number of nitriles is 1. The molecule has 0 bridgehead atoms. The van der Waals surface area contributed by atoms with Crippen LogP contribution >= 0.6 is 11.3 Å². The number of aromatic nitrogens is 3. The summed E-state index contributed by atoms with van der Waals surface area (Å²) in [5.41, 5.74) is 11.1. The first-order chi connectivity index (χ1) is 12.3. The van der Waals surface area contributed by atoms with E-state index in [-0.39, 0.29) is 0 Å². The monoisotopic (exact) mass is 342 g/mol. The first-order valence-corrected chi connectivity index (χ1v) is 8.59. The van der Waals surface area contributed by atoms with Gasteiger partial charge in [-0.25, -0.2) is 0 Å². The second-order valence-electron chi connectivity index (χ2n) is 5.76. The van der Waals surface area contributed by atoms with Crippen molar-refractivity contribution in [3.8, 4) is 17.5 Å². The van der Waals surface area contributed by atoms with Crippen molar-refractivity contribution in [1.82, 2.24) is 9.97 Å². The number of hydrogen-bond acceptors (Lipinski definition) is 4. The van der Waals surface area contributed by atoms with Crippen molar-refractivity contribution in [2.24, 2.45) is 0 Å². The molecule has 25 heavy (non-hydrogen) atoms. The van der Waals surface area contributed by atoms with Crippen LogP contribution in [0.15, 0.2) is 54.6 Å². The number of rotatable bonds is 1. The number of imidazole rings is 1. The zero-order valence-electron chi connectivity index (χ0n) is 13.0. The molecule has 0 spiro atoms. The predicted octanol–water partition coefficient (Wildman–Crippen LogP) is 3.64. The Balaban J connectivity index is 2.07. The number of anilines is 1. The van der Waals surface area contributed by atoms with Crippen molar-refractivity contribution in [2.75, 3.05) is 5.73 Å². The van der Waals surface area contributed by atoms with E-state index >= 15 is 0 Å². The van der Waals surface area contributed by atoms with Crippen LogP contribution in [-0.2, 0) is 0 Å². The van der Waals surface area contributed by atoms with Gasteiger partial charge in [0.15, 0.2) is 5.52 Å². The average Bonchev–Trinajstić information content (AvgIpc) is 3.19. The molecule has 0 saturated carbocycles. The quantitative estimate of drug-likeness (QED) is 0.456. The third-order valence-corrected chi connectivity index (χ3v) is 5.34. The minimum absolute atomic E-state index is 0.443. The molecule has 0 aliphatic carbocycles. The maximum absolute atomic E-state index is 9.50. The van der Waals surface area contributed by atoms with Crippen LogP contribution in [0.2, 0.25) is 0 Å². The molecule has 0 unspecified atom stereocenters. The van der Waals surface area contributed by atoms with Crippen LogP contribution < -0.4 is 10.1 Å². The van der Waals surface area contributed by atoms with Crippen LogP contribution in [-0.4, -0.2) is 9.97 Å². The molecule has 2 aromatic carbocycles. The molecule has 0 atom stereocenters. The molecule has 0 aliphatic rings. The Labute approximate surface area is 146 Å². The molecule has 0 radical (unpaired) electrons. The molecular weight excluding hydrogens is 330 g/mol. The summed E-state index contributed by atoms with van der Waals surface area (Å²) >= 11 is 1.39. The molecule has 0 amide bonds. The van der Waals surface area contributed by atoms with Crippen molar-refractivity contribution in [1.29, 1.82) is 5.26 Å². The van der Waals surface area contributed by atoms with Crippen molar-refractivity contribution < 1.29 is 4.40 Å². The number of hydrogen-bond donors (Lipinski definition) is 2. The third kappa shape index (κ3) is 1.87. The molecule has 6 heteroatoms. The van der Waals surface area contributed by atoms with E-state index in [2.05, 4.69) is 21.5 Å². The minimum atomic E-state index is 0.443. The molecule has 0 aliphatic heterocycles. The molecule has 3 aromatic heterocycles. The lowest BCUT2D eigenvalue weighted by molar-refractivity contribution is -0.470. The minimum Gasteiger partial charge on any atom is -0.389 e. The Bertz CT molecular complexity index is 1310.